The van der Waals surface area contributed by atoms with Crippen LogP contribution in [0.4, 0.5) is 11.4 Å². The summed E-state index contributed by atoms with van der Waals surface area (Å²) in [6.45, 7) is 6.73. The minimum Gasteiger partial charge on any atom is -0.372 e. The molecular formula is C19H27N3O2. The number of anilines is 2. The lowest BCUT2D eigenvalue weighted by Gasteiger charge is -2.21. The zero-order chi connectivity index (χ0) is 17.1. The second kappa shape index (κ2) is 7.24. The van der Waals surface area contributed by atoms with Crippen LogP contribution in [0.3, 0.4) is 0 Å². The molecule has 1 aromatic carbocycles. The highest BCUT2D eigenvalue weighted by molar-refractivity contribution is 6.00. The molecule has 1 aromatic rings. The normalized spacial score (nSPS) is 22.1. The summed E-state index contributed by atoms with van der Waals surface area (Å²) in [5.74, 6) is -0.216. The topological polar surface area (TPSA) is 52.7 Å². The Morgan fingerprint density at radius 1 is 1.21 bits per heavy atom. The summed E-state index contributed by atoms with van der Waals surface area (Å²) in [6.07, 6.45) is 3.70. The molecule has 2 heterocycles. The molecule has 0 radical (unpaired) electrons. The van der Waals surface area contributed by atoms with Gasteiger partial charge in [-0.05, 0) is 50.5 Å². The summed E-state index contributed by atoms with van der Waals surface area (Å²) in [7, 11) is 0. The molecule has 24 heavy (non-hydrogen) atoms. The zero-order valence-electron chi connectivity index (χ0n) is 14.6. The minimum absolute atomic E-state index is 0.00566. The molecule has 2 amide bonds. The van der Waals surface area contributed by atoms with Crippen molar-refractivity contribution < 1.29 is 9.59 Å². The molecule has 5 heteroatoms. The van der Waals surface area contributed by atoms with Crippen molar-refractivity contribution in [2.75, 3.05) is 29.4 Å². The molecular weight excluding hydrogens is 302 g/mol. The molecule has 0 aliphatic carbocycles. The van der Waals surface area contributed by atoms with E-state index in [1.54, 1.807) is 4.90 Å². The summed E-state index contributed by atoms with van der Waals surface area (Å²) in [4.78, 5) is 28.7. The Hall–Kier alpha value is -2.04. The van der Waals surface area contributed by atoms with Gasteiger partial charge in [0.15, 0.2) is 0 Å². The Balaban J connectivity index is 1.64. The van der Waals surface area contributed by atoms with E-state index in [0.717, 1.165) is 25.2 Å². The fourth-order valence-electron chi connectivity index (χ4n) is 3.41. The molecule has 0 aromatic heterocycles. The van der Waals surface area contributed by atoms with Crippen LogP contribution in [0.15, 0.2) is 24.3 Å². The maximum atomic E-state index is 12.3. The van der Waals surface area contributed by atoms with Crippen LogP contribution in [0.25, 0.3) is 0 Å². The van der Waals surface area contributed by atoms with Crippen LogP contribution < -0.4 is 15.1 Å². The van der Waals surface area contributed by atoms with Crippen molar-refractivity contribution in [3.05, 3.63) is 24.3 Å². The van der Waals surface area contributed by atoms with Gasteiger partial charge in [0.1, 0.15) is 0 Å². The van der Waals surface area contributed by atoms with Gasteiger partial charge in [0.05, 0.1) is 5.92 Å². The van der Waals surface area contributed by atoms with Crippen LogP contribution in [0.5, 0.6) is 0 Å². The largest absolute Gasteiger partial charge is 0.372 e. The first-order valence-corrected chi connectivity index (χ1v) is 9.04. The van der Waals surface area contributed by atoms with Gasteiger partial charge in [-0.25, -0.2) is 0 Å². The summed E-state index contributed by atoms with van der Waals surface area (Å²) in [6, 6.07) is 8.32. The molecule has 3 rings (SSSR count). The number of carbonyl (C=O) groups is 2. The lowest BCUT2D eigenvalue weighted by molar-refractivity contribution is -0.126. The third-order valence-electron chi connectivity index (χ3n) is 5.13. The van der Waals surface area contributed by atoms with E-state index in [2.05, 4.69) is 22.3 Å². The van der Waals surface area contributed by atoms with Crippen LogP contribution in [0, 0.1) is 5.92 Å². The molecule has 1 N–H and O–H groups in total. The second-order valence-corrected chi connectivity index (χ2v) is 6.93. The smallest absolute Gasteiger partial charge is 0.227 e. The van der Waals surface area contributed by atoms with Gasteiger partial charge >= 0.3 is 0 Å². The predicted octanol–water partition coefficient (Wildman–Crippen LogP) is 2.55. The van der Waals surface area contributed by atoms with Crippen LogP contribution in [0.2, 0.25) is 0 Å². The standard InChI is InChI=1S/C19H27N3O2/c1-3-14(2)20-19(24)15-12-18(23)22(13-15)17-8-6-16(7-9-17)21-10-4-5-11-21/h6-9,14-15H,3-5,10-13H2,1-2H3,(H,20,24). The Bertz CT molecular complexity index is 593. The summed E-state index contributed by atoms with van der Waals surface area (Å²) >= 11 is 0. The Labute approximate surface area is 144 Å². The van der Waals surface area contributed by atoms with Gasteiger partial charge in [0, 0.05) is 43.5 Å². The quantitative estimate of drug-likeness (QED) is 0.903. The number of amides is 2. The van der Waals surface area contributed by atoms with Gasteiger partial charge in [-0.3, -0.25) is 9.59 Å². The number of hydrogen-bond acceptors (Lipinski definition) is 3. The van der Waals surface area contributed by atoms with E-state index in [9.17, 15) is 9.59 Å². The summed E-state index contributed by atoms with van der Waals surface area (Å²) in [5.41, 5.74) is 2.11. The van der Waals surface area contributed by atoms with Crippen LogP contribution in [-0.4, -0.2) is 37.5 Å². The lowest BCUT2D eigenvalue weighted by atomic mass is 10.1. The van der Waals surface area contributed by atoms with E-state index in [0.29, 0.717) is 13.0 Å². The van der Waals surface area contributed by atoms with Gasteiger partial charge in [-0.15, -0.1) is 0 Å². The van der Waals surface area contributed by atoms with Crippen LogP contribution in [0.1, 0.15) is 39.5 Å². The third kappa shape index (κ3) is 3.55. The Kier molecular flexibility index (Phi) is 5.07. The Morgan fingerprint density at radius 2 is 1.83 bits per heavy atom. The third-order valence-corrected chi connectivity index (χ3v) is 5.13. The first-order valence-electron chi connectivity index (χ1n) is 9.04. The number of hydrogen-bond donors (Lipinski definition) is 1. The average molecular weight is 329 g/mol. The number of nitrogens with one attached hydrogen (secondary N) is 1. The molecule has 2 fully saturated rings. The van der Waals surface area contributed by atoms with Gasteiger partial charge < -0.3 is 15.1 Å². The van der Waals surface area contributed by atoms with E-state index in [4.69, 9.17) is 0 Å². The van der Waals surface area contributed by atoms with Crippen molar-refractivity contribution in [2.45, 2.75) is 45.6 Å². The molecule has 130 valence electrons. The zero-order valence-corrected chi connectivity index (χ0v) is 14.6. The predicted molar refractivity (Wildman–Crippen MR) is 96.2 cm³/mol. The van der Waals surface area contributed by atoms with Crippen LogP contribution in [-0.2, 0) is 9.59 Å². The number of benzene rings is 1. The number of nitrogens with zero attached hydrogens (tertiary/aromatic N) is 2. The highest BCUT2D eigenvalue weighted by Crippen LogP contribution is 2.28. The minimum atomic E-state index is -0.246. The van der Waals surface area contributed by atoms with Crippen molar-refractivity contribution in [1.29, 1.82) is 0 Å². The van der Waals surface area contributed by atoms with Crippen molar-refractivity contribution in [3.8, 4) is 0 Å². The fourth-order valence-corrected chi connectivity index (χ4v) is 3.41. The summed E-state index contributed by atoms with van der Waals surface area (Å²) < 4.78 is 0. The van der Waals surface area contributed by atoms with Gasteiger partial charge in [0.25, 0.3) is 0 Å². The first-order chi connectivity index (χ1) is 11.6. The fraction of sp³-hybridized carbons (Fsp3) is 0.579. The molecule has 2 aliphatic heterocycles. The molecule has 2 atom stereocenters. The van der Waals surface area contributed by atoms with Gasteiger partial charge in [0.2, 0.25) is 11.8 Å². The van der Waals surface area contributed by atoms with Gasteiger partial charge in [-0.1, -0.05) is 6.92 Å². The highest BCUT2D eigenvalue weighted by Gasteiger charge is 2.35. The maximum Gasteiger partial charge on any atom is 0.227 e. The molecule has 0 spiro atoms. The van der Waals surface area contributed by atoms with E-state index >= 15 is 0 Å². The van der Waals surface area contributed by atoms with Crippen LogP contribution >= 0.6 is 0 Å². The molecule has 0 saturated carbocycles. The van der Waals surface area contributed by atoms with Crippen molar-refractivity contribution in [1.82, 2.24) is 5.32 Å². The highest BCUT2D eigenvalue weighted by atomic mass is 16.2. The molecule has 5 nitrogen and oxygen atoms in total. The molecule has 2 saturated heterocycles. The molecule has 2 aliphatic rings. The van der Waals surface area contributed by atoms with Crippen molar-refractivity contribution in [3.63, 3.8) is 0 Å². The van der Waals surface area contributed by atoms with E-state index in [1.807, 2.05) is 26.0 Å². The molecule has 2 unspecified atom stereocenters. The van der Waals surface area contributed by atoms with E-state index in [1.165, 1.54) is 18.5 Å². The first kappa shape index (κ1) is 16.8. The monoisotopic (exact) mass is 329 g/mol. The van der Waals surface area contributed by atoms with Crippen molar-refractivity contribution >= 4 is 23.2 Å². The lowest BCUT2D eigenvalue weighted by Crippen LogP contribution is -2.38. The summed E-state index contributed by atoms with van der Waals surface area (Å²) in [5, 5.41) is 2.99. The van der Waals surface area contributed by atoms with E-state index in [-0.39, 0.29) is 23.8 Å². The van der Waals surface area contributed by atoms with Crippen molar-refractivity contribution in [2.24, 2.45) is 5.92 Å². The van der Waals surface area contributed by atoms with Gasteiger partial charge in [-0.2, -0.15) is 0 Å². The maximum absolute atomic E-state index is 12.3. The number of rotatable bonds is 5. The molecule has 0 bridgehead atoms. The second-order valence-electron chi connectivity index (χ2n) is 6.93. The van der Waals surface area contributed by atoms with E-state index < -0.39 is 0 Å². The Morgan fingerprint density at radius 3 is 2.46 bits per heavy atom. The number of carbonyl (C=O) groups excluding carboxylic acids is 2. The SMILES string of the molecule is CCC(C)NC(=O)C1CC(=O)N(c2ccc(N3CCCC3)cc2)C1. The average Bonchev–Trinajstić information content (AvgIpc) is 3.24.